The van der Waals surface area contributed by atoms with Gasteiger partial charge < -0.3 is 9.80 Å². The summed E-state index contributed by atoms with van der Waals surface area (Å²) >= 11 is 0. The predicted molar refractivity (Wildman–Crippen MR) is 81.7 cm³/mol. The minimum atomic E-state index is -4.44. The lowest BCUT2D eigenvalue weighted by Gasteiger charge is -2.34. The van der Waals surface area contributed by atoms with Crippen molar-refractivity contribution in [3.8, 4) is 0 Å². The number of rotatable bonds is 3. The highest BCUT2D eigenvalue weighted by atomic mass is 19.4. The molecule has 1 aromatic heterocycles. The van der Waals surface area contributed by atoms with Crippen LogP contribution in [0.4, 0.5) is 13.2 Å². The van der Waals surface area contributed by atoms with Gasteiger partial charge in [-0.1, -0.05) is 0 Å². The summed E-state index contributed by atoms with van der Waals surface area (Å²) < 4.78 is 39.1. The zero-order chi connectivity index (χ0) is 18.7. The average molecular weight is 368 g/mol. The molecule has 0 radical (unpaired) electrons. The molecule has 0 bridgehead atoms. The number of carbonyl (C=O) groups excluding carboxylic acids is 2. The SMILES string of the molecule is O=C(Cn1cnnn1)N1CCN(C(=O)c2ccc(C(F)(F)F)cc2)CC1. The van der Waals surface area contributed by atoms with Crippen LogP contribution in [0.1, 0.15) is 15.9 Å². The third-order valence-corrected chi connectivity index (χ3v) is 4.07. The van der Waals surface area contributed by atoms with E-state index in [-0.39, 0.29) is 23.9 Å². The molecular weight excluding hydrogens is 353 g/mol. The van der Waals surface area contributed by atoms with E-state index in [0.717, 1.165) is 12.1 Å². The number of nitrogens with zero attached hydrogens (tertiary/aromatic N) is 6. The van der Waals surface area contributed by atoms with Crippen LogP contribution in [-0.4, -0.2) is 68.0 Å². The number of hydrogen-bond donors (Lipinski definition) is 0. The summed E-state index contributed by atoms with van der Waals surface area (Å²) in [5.41, 5.74) is -0.612. The number of hydrogen-bond acceptors (Lipinski definition) is 5. The Kier molecular flexibility index (Phi) is 4.87. The molecule has 3 rings (SSSR count). The molecule has 2 aromatic rings. The maximum absolute atomic E-state index is 12.6. The molecule has 0 unspecified atom stereocenters. The van der Waals surface area contributed by atoms with E-state index in [2.05, 4.69) is 15.5 Å². The molecule has 1 fully saturated rings. The number of tetrazole rings is 1. The minimum Gasteiger partial charge on any atom is -0.338 e. The van der Waals surface area contributed by atoms with Crippen molar-refractivity contribution in [1.82, 2.24) is 30.0 Å². The van der Waals surface area contributed by atoms with E-state index in [1.54, 1.807) is 4.90 Å². The van der Waals surface area contributed by atoms with Gasteiger partial charge in [0.1, 0.15) is 12.9 Å². The van der Waals surface area contributed by atoms with Crippen molar-refractivity contribution in [2.24, 2.45) is 0 Å². The van der Waals surface area contributed by atoms with Gasteiger partial charge >= 0.3 is 6.18 Å². The summed E-state index contributed by atoms with van der Waals surface area (Å²) in [6, 6.07) is 4.11. The second kappa shape index (κ2) is 7.10. The lowest BCUT2D eigenvalue weighted by atomic mass is 10.1. The smallest absolute Gasteiger partial charge is 0.338 e. The molecule has 8 nitrogen and oxygen atoms in total. The van der Waals surface area contributed by atoms with Crippen molar-refractivity contribution in [2.75, 3.05) is 26.2 Å². The first-order valence-corrected chi connectivity index (χ1v) is 7.79. The number of carbonyl (C=O) groups is 2. The Morgan fingerprint density at radius 1 is 1.00 bits per heavy atom. The van der Waals surface area contributed by atoms with E-state index < -0.39 is 11.7 Å². The van der Waals surface area contributed by atoms with Crippen molar-refractivity contribution in [2.45, 2.75) is 12.7 Å². The third-order valence-electron chi connectivity index (χ3n) is 4.07. The van der Waals surface area contributed by atoms with E-state index in [1.807, 2.05) is 0 Å². The molecule has 1 aliphatic heterocycles. The molecule has 0 spiro atoms. The molecular formula is C15H15F3N6O2. The normalized spacial score (nSPS) is 15.2. The first kappa shape index (κ1) is 17.8. The van der Waals surface area contributed by atoms with Gasteiger partial charge in [-0.3, -0.25) is 9.59 Å². The van der Waals surface area contributed by atoms with Gasteiger partial charge in [-0.25, -0.2) is 4.68 Å². The van der Waals surface area contributed by atoms with E-state index in [0.29, 0.717) is 26.2 Å². The summed E-state index contributed by atoms with van der Waals surface area (Å²) in [6.07, 6.45) is -3.10. The van der Waals surface area contributed by atoms with Crippen LogP contribution in [0, 0.1) is 0 Å². The van der Waals surface area contributed by atoms with Crippen molar-refractivity contribution >= 4 is 11.8 Å². The third kappa shape index (κ3) is 3.98. The largest absolute Gasteiger partial charge is 0.416 e. The van der Waals surface area contributed by atoms with E-state index in [9.17, 15) is 22.8 Å². The van der Waals surface area contributed by atoms with Gasteiger partial charge in [0.2, 0.25) is 5.91 Å². The monoisotopic (exact) mass is 368 g/mol. The Bertz CT molecular complexity index is 768. The van der Waals surface area contributed by atoms with Crippen LogP contribution in [0.15, 0.2) is 30.6 Å². The zero-order valence-corrected chi connectivity index (χ0v) is 13.6. The highest BCUT2D eigenvalue weighted by Gasteiger charge is 2.31. The molecule has 0 aliphatic carbocycles. The number of amides is 2. The summed E-state index contributed by atoms with van der Waals surface area (Å²) in [4.78, 5) is 27.7. The number of halogens is 3. The van der Waals surface area contributed by atoms with Gasteiger partial charge in [-0.15, -0.1) is 5.10 Å². The molecule has 1 aliphatic rings. The van der Waals surface area contributed by atoms with Crippen LogP contribution in [0.25, 0.3) is 0 Å². The number of alkyl halides is 3. The Labute approximate surface area is 146 Å². The quantitative estimate of drug-likeness (QED) is 0.795. The first-order valence-electron chi connectivity index (χ1n) is 7.79. The predicted octanol–water partition coefficient (Wildman–Crippen LogP) is 0.677. The summed E-state index contributed by atoms with van der Waals surface area (Å²) in [5.74, 6) is -0.523. The molecule has 138 valence electrons. The number of piperazine rings is 1. The average Bonchev–Trinajstić information content (AvgIpc) is 3.13. The van der Waals surface area contributed by atoms with Crippen LogP contribution >= 0.6 is 0 Å². The molecule has 2 amide bonds. The Balaban J connectivity index is 1.55. The van der Waals surface area contributed by atoms with Crippen LogP contribution in [-0.2, 0) is 17.5 Å². The van der Waals surface area contributed by atoms with Gasteiger partial charge in [0, 0.05) is 31.7 Å². The maximum atomic E-state index is 12.6. The van der Waals surface area contributed by atoms with Gasteiger partial charge in [-0.05, 0) is 34.7 Å². The summed E-state index contributed by atoms with van der Waals surface area (Å²) in [5, 5.41) is 10.5. The van der Waals surface area contributed by atoms with E-state index in [1.165, 1.54) is 28.0 Å². The standard InChI is InChI=1S/C15H15F3N6O2/c16-15(17,18)12-3-1-11(2-4-12)14(26)23-7-5-22(6-8-23)13(25)9-24-10-19-20-21-24/h1-4,10H,5-9H2. The van der Waals surface area contributed by atoms with Gasteiger partial charge in [-0.2, -0.15) is 13.2 Å². The number of aromatic nitrogens is 4. The molecule has 26 heavy (non-hydrogen) atoms. The fourth-order valence-electron chi connectivity index (χ4n) is 2.63. The van der Waals surface area contributed by atoms with Crippen LogP contribution in [0.5, 0.6) is 0 Å². The second-order valence-electron chi connectivity index (χ2n) is 5.76. The Morgan fingerprint density at radius 3 is 2.15 bits per heavy atom. The molecule has 1 aromatic carbocycles. The highest BCUT2D eigenvalue weighted by Crippen LogP contribution is 2.29. The van der Waals surface area contributed by atoms with Crippen molar-refractivity contribution < 1.29 is 22.8 Å². The molecule has 0 N–H and O–H groups in total. The zero-order valence-electron chi connectivity index (χ0n) is 13.6. The van der Waals surface area contributed by atoms with Crippen molar-refractivity contribution in [3.63, 3.8) is 0 Å². The molecule has 11 heteroatoms. The number of benzene rings is 1. The Morgan fingerprint density at radius 2 is 1.62 bits per heavy atom. The van der Waals surface area contributed by atoms with E-state index >= 15 is 0 Å². The molecule has 0 atom stereocenters. The van der Waals surface area contributed by atoms with Gasteiger partial charge in [0.05, 0.1) is 5.56 Å². The maximum Gasteiger partial charge on any atom is 0.416 e. The lowest BCUT2D eigenvalue weighted by Crippen LogP contribution is -2.51. The van der Waals surface area contributed by atoms with Gasteiger partial charge in [0.15, 0.2) is 0 Å². The van der Waals surface area contributed by atoms with E-state index in [4.69, 9.17) is 0 Å². The van der Waals surface area contributed by atoms with Crippen LogP contribution in [0.3, 0.4) is 0 Å². The first-order chi connectivity index (χ1) is 12.3. The summed E-state index contributed by atoms with van der Waals surface area (Å²) in [6.45, 7) is 1.31. The molecule has 1 saturated heterocycles. The highest BCUT2D eigenvalue weighted by molar-refractivity contribution is 5.94. The van der Waals surface area contributed by atoms with Gasteiger partial charge in [0.25, 0.3) is 5.91 Å². The topological polar surface area (TPSA) is 84.2 Å². The fraction of sp³-hybridized carbons (Fsp3) is 0.400. The fourth-order valence-corrected chi connectivity index (χ4v) is 2.63. The van der Waals surface area contributed by atoms with Crippen LogP contribution < -0.4 is 0 Å². The van der Waals surface area contributed by atoms with Crippen LogP contribution in [0.2, 0.25) is 0 Å². The Hall–Kier alpha value is -2.98. The minimum absolute atomic E-state index is 0.0137. The second-order valence-corrected chi connectivity index (χ2v) is 5.76. The van der Waals surface area contributed by atoms with Crippen molar-refractivity contribution in [1.29, 1.82) is 0 Å². The lowest BCUT2D eigenvalue weighted by molar-refractivity contribution is -0.137. The van der Waals surface area contributed by atoms with Crippen molar-refractivity contribution in [3.05, 3.63) is 41.7 Å². The summed E-state index contributed by atoms with van der Waals surface area (Å²) in [7, 11) is 0. The molecule has 2 heterocycles. The molecule has 0 saturated carbocycles.